The van der Waals surface area contributed by atoms with E-state index < -0.39 is 17.5 Å². The molecule has 1 amide bonds. The Morgan fingerprint density at radius 3 is 2.61 bits per heavy atom. The molecule has 0 saturated carbocycles. The van der Waals surface area contributed by atoms with Gasteiger partial charge in [0.05, 0.1) is 5.56 Å². The number of hydrogen-bond acceptors (Lipinski definition) is 2. The summed E-state index contributed by atoms with van der Waals surface area (Å²) < 4.78 is 25.9. The molecule has 0 fully saturated rings. The summed E-state index contributed by atoms with van der Waals surface area (Å²) in [4.78, 5) is 11.8. The van der Waals surface area contributed by atoms with Crippen LogP contribution in [0.2, 0.25) is 0 Å². The topological polar surface area (TPSA) is 55.1 Å². The molecule has 1 rings (SSSR count). The zero-order valence-corrected chi connectivity index (χ0v) is 10.6. The normalized spacial score (nSPS) is 12.2. The van der Waals surface area contributed by atoms with Crippen molar-refractivity contribution in [1.29, 1.82) is 0 Å². The Morgan fingerprint density at radius 1 is 1.39 bits per heavy atom. The van der Waals surface area contributed by atoms with E-state index in [4.69, 9.17) is 5.73 Å². The molecule has 0 aliphatic carbocycles. The van der Waals surface area contributed by atoms with E-state index in [-0.39, 0.29) is 17.3 Å². The Morgan fingerprint density at radius 2 is 2.00 bits per heavy atom. The first kappa shape index (κ1) is 14.4. The number of carbonyl (C=O) groups excluding carboxylic acids is 1. The van der Waals surface area contributed by atoms with Crippen molar-refractivity contribution >= 4 is 11.6 Å². The Bertz CT molecular complexity index is 435. The van der Waals surface area contributed by atoms with Crippen molar-refractivity contribution in [2.45, 2.75) is 39.2 Å². The zero-order chi connectivity index (χ0) is 13.7. The van der Waals surface area contributed by atoms with Gasteiger partial charge in [-0.05, 0) is 19.4 Å². The lowest BCUT2D eigenvalue weighted by Crippen LogP contribution is -2.33. The molecule has 0 aliphatic rings. The van der Waals surface area contributed by atoms with Crippen LogP contribution in [0.15, 0.2) is 12.1 Å². The maximum absolute atomic E-state index is 13.0. The van der Waals surface area contributed by atoms with Crippen LogP contribution < -0.4 is 11.1 Å². The summed E-state index contributed by atoms with van der Waals surface area (Å²) in [5, 5.41) is 2.71. The fourth-order valence-electron chi connectivity index (χ4n) is 1.64. The molecule has 3 nitrogen and oxygen atoms in total. The van der Waals surface area contributed by atoms with E-state index in [9.17, 15) is 13.6 Å². The first-order valence-corrected chi connectivity index (χ1v) is 6.01. The van der Waals surface area contributed by atoms with Gasteiger partial charge < -0.3 is 11.1 Å². The van der Waals surface area contributed by atoms with E-state index in [1.807, 2.05) is 6.92 Å². The molecule has 0 heterocycles. The van der Waals surface area contributed by atoms with Crippen LogP contribution >= 0.6 is 0 Å². The van der Waals surface area contributed by atoms with Crippen LogP contribution in [-0.2, 0) is 0 Å². The van der Waals surface area contributed by atoms with Crippen LogP contribution in [-0.4, -0.2) is 11.9 Å². The van der Waals surface area contributed by atoms with Gasteiger partial charge in [0.1, 0.15) is 0 Å². The highest BCUT2D eigenvalue weighted by molar-refractivity contribution is 5.99. The van der Waals surface area contributed by atoms with Gasteiger partial charge in [-0.3, -0.25) is 4.79 Å². The summed E-state index contributed by atoms with van der Waals surface area (Å²) >= 11 is 0. The number of nitrogens with one attached hydrogen (secondary N) is 1. The maximum Gasteiger partial charge on any atom is 0.253 e. The third-order valence-corrected chi connectivity index (χ3v) is 2.71. The standard InChI is InChI=1S/C13H18F2N2O/c1-3-4-5-8(2)17-13(18)9-6-10(14)11(15)7-12(9)16/h6-8H,3-5,16H2,1-2H3,(H,17,18). The molecule has 1 atom stereocenters. The molecule has 0 spiro atoms. The first-order chi connectivity index (χ1) is 8.45. The molecule has 1 aromatic rings. The van der Waals surface area contributed by atoms with Crippen LogP contribution in [0.25, 0.3) is 0 Å². The van der Waals surface area contributed by atoms with Crippen molar-refractivity contribution in [2.75, 3.05) is 5.73 Å². The molecule has 5 heteroatoms. The van der Waals surface area contributed by atoms with E-state index in [0.717, 1.165) is 31.4 Å². The van der Waals surface area contributed by atoms with Crippen molar-refractivity contribution in [3.63, 3.8) is 0 Å². The summed E-state index contributed by atoms with van der Waals surface area (Å²) in [5.41, 5.74) is 5.41. The fraction of sp³-hybridized carbons (Fsp3) is 0.462. The highest BCUT2D eigenvalue weighted by Crippen LogP contribution is 2.17. The third kappa shape index (κ3) is 3.68. The Kier molecular flexibility index (Phi) is 5.07. The molecule has 0 radical (unpaired) electrons. The quantitative estimate of drug-likeness (QED) is 0.796. The minimum Gasteiger partial charge on any atom is -0.398 e. The van der Waals surface area contributed by atoms with Gasteiger partial charge in [0.15, 0.2) is 11.6 Å². The molecule has 0 saturated heterocycles. The highest BCUT2D eigenvalue weighted by atomic mass is 19.2. The van der Waals surface area contributed by atoms with E-state index in [1.165, 1.54) is 0 Å². The monoisotopic (exact) mass is 256 g/mol. The second kappa shape index (κ2) is 6.33. The van der Waals surface area contributed by atoms with Gasteiger partial charge >= 0.3 is 0 Å². The number of unbranched alkanes of at least 4 members (excludes halogenated alkanes) is 1. The van der Waals surface area contributed by atoms with Crippen molar-refractivity contribution in [3.05, 3.63) is 29.3 Å². The van der Waals surface area contributed by atoms with E-state index in [2.05, 4.69) is 12.2 Å². The van der Waals surface area contributed by atoms with Crippen LogP contribution in [0, 0.1) is 11.6 Å². The van der Waals surface area contributed by atoms with Crippen LogP contribution in [0.4, 0.5) is 14.5 Å². The number of nitrogen functional groups attached to an aromatic ring is 1. The molecule has 18 heavy (non-hydrogen) atoms. The lowest BCUT2D eigenvalue weighted by molar-refractivity contribution is 0.0938. The SMILES string of the molecule is CCCCC(C)NC(=O)c1cc(F)c(F)cc1N. The largest absolute Gasteiger partial charge is 0.398 e. The van der Waals surface area contributed by atoms with Crippen LogP contribution in [0.3, 0.4) is 0 Å². The van der Waals surface area contributed by atoms with Crippen LogP contribution in [0.5, 0.6) is 0 Å². The molecule has 1 unspecified atom stereocenters. The Balaban J connectivity index is 2.75. The third-order valence-electron chi connectivity index (χ3n) is 2.71. The summed E-state index contributed by atoms with van der Waals surface area (Å²) in [7, 11) is 0. The summed E-state index contributed by atoms with van der Waals surface area (Å²) in [5.74, 6) is -2.60. The predicted octanol–water partition coefficient (Wildman–Crippen LogP) is 2.86. The number of anilines is 1. The van der Waals surface area contributed by atoms with Gasteiger partial charge in [0.25, 0.3) is 5.91 Å². The molecule has 0 aromatic heterocycles. The molecule has 0 bridgehead atoms. The first-order valence-electron chi connectivity index (χ1n) is 6.01. The fourth-order valence-corrected chi connectivity index (χ4v) is 1.64. The molecule has 0 aliphatic heterocycles. The van der Waals surface area contributed by atoms with Gasteiger partial charge in [-0.15, -0.1) is 0 Å². The average molecular weight is 256 g/mol. The van der Waals surface area contributed by atoms with Gasteiger partial charge in [-0.2, -0.15) is 0 Å². The highest BCUT2D eigenvalue weighted by Gasteiger charge is 2.15. The maximum atomic E-state index is 13.0. The lowest BCUT2D eigenvalue weighted by atomic mass is 10.1. The minimum atomic E-state index is -1.07. The van der Waals surface area contributed by atoms with Gasteiger partial charge in [0.2, 0.25) is 0 Å². The second-order valence-electron chi connectivity index (χ2n) is 4.37. The number of halogens is 2. The van der Waals surface area contributed by atoms with Gasteiger partial charge in [0, 0.05) is 17.8 Å². The van der Waals surface area contributed by atoms with Gasteiger partial charge in [-0.25, -0.2) is 8.78 Å². The molecular weight excluding hydrogens is 238 g/mol. The van der Waals surface area contributed by atoms with Crippen LogP contribution in [0.1, 0.15) is 43.5 Å². The van der Waals surface area contributed by atoms with Crippen molar-refractivity contribution in [3.8, 4) is 0 Å². The zero-order valence-electron chi connectivity index (χ0n) is 10.6. The van der Waals surface area contributed by atoms with Crippen molar-refractivity contribution < 1.29 is 13.6 Å². The molecule has 1 aromatic carbocycles. The van der Waals surface area contributed by atoms with Crippen molar-refractivity contribution in [2.24, 2.45) is 0 Å². The smallest absolute Gasteiger partial charge is 0.253 e. The Hall–Kier alpha value is -1.65. The number of hydrogen-bond donors (Lipinski definition) is 2. The minimum absolute atomic E-state index is 0.0232. The lowest BCUT2D eigenvalue weighted by Gasteiger charge is -2.14. The molecule has 3 N–H and O–H groups in total. The Labute approximate surface area is 105 Å². The van der Waals surface area contributed by atoms with E-state index in [0.29, 0.717) is 0 Å². The number of nitrogens with two attached hydrogens (primary N) is 1. The summed E-state index contributed by atoms with van der Waals surface area (Å²) in [6.45, 7) is 3.92. The van der Waals surface area contributed by atoms with Gasteiger partial charge in [-0.1, -0.05) is 19.8 Å². The summed E-state index contributed by atoms with van der Waals surface area (Å²) in [6.07, 6.45) is 2.87. The summed E-state index contributed by atoms with van der Waals surface area (Å²) in [6, 6.07) is 1.62. The van der Waals surface area contributed by atoms with E-state index in [1.54, 1.807) is 0 Å². The average Bonchev–Trinajstić information content (AvgIpc) is 2.31. The number of amides is 1. The molecular formula is C13H18F2N2O. The number of benzene rings is 1. The van der Waals surface area contributed by atoms with Crippen molar-refractivity contribution in [1.82, 2.24) is 5.32 Å². The van der Waals surface area contributed by atoms with E-state index >= 15 is 0 Å². The second-order valence-corrected chi connectivity index (χ2v) is 4.37. The molecule has 100 valence electrons. The number of rotatable bonds is 5. The predicted molar refractivity (Wildman–Crippen MR) is 67.2 cm³/mol. The number of carbonyl (C=O) groups is 1.